The first-order valence-electron chi connectivity index (χ1n) is 5.54. The Kier molecular flexibility index (Phi) is 3.31. The van der Waals surface area contributed by atoms with Crippen LogP contribution in [0.4, 0.5) is 10.1 Å². The second kappa shape index (κ2) is 4.49. The van der Waals surface area contributed by atoms with Gasteiger partial charge in [-0.25, -0.2) is 17.5 Å². The predicted molar refractivity (Wildman–Crippen MR) is 64.8 cm³/mol. The largest absolute Gasteiger partial charge is 0.398 e. The van der Waals surface area contributed by atoms with Gasteiger partial charge in [-0.05, 0) is 31.0 Å². The summed E-state index contributed by atoms with van der Waals surface area (Å²) in [5, 5.41) is 9.10. The van der Waals surface area contributed by atoms with Gasteiger partial charge in [0.15, 0.2) is 0 Å². The maximum Gasteiger partial charge on any atom is 0.242 e. The van der Waals surface area contributed by atoms with Crippen molar-refractivity contribution >= 4 is 15.7 Å². The minimum Gasteiger partial charge on any atom is -0.398 e. The van der Waals surface area contributed by atoms with Crippen LogP contribution < -0.4 is 10.5 Å². The molecule has 0 saturated heterocycles. The number of nitrogen functional groups attached to an aromatic ring is 1. The average molecular weight is 274 g/mol. The lowest BCUT2D eigenvalue weighted by Crippen LogP contribution is -2.32. The summed E-state index contributed by atoms with van der Waals surface area (Å²) in [6.45, 7) is 0.0793. The van der Waals surface area contributed by atoms with Gasteiger partial charge < -0.3 is 10.8 Å². The number of sulfonamides is 1. The normalized spacial score (nSPS) is 17.7. The van der Waals surface area contributed by atoms with Crippen LogP contribution in [0.5, 0.6) is 0 Å². The summed E-state index contributed by atoms with van der Waals surface area (Å²) in [7, 11) is -3.84. The zero-order chi connectivity index (χ0) is 13.4. The number of aliphatic hydroxyl groups excluding tert-OH is 1. The quantitative estimate of drug-likeness (QED) is 0.680. The minimum atomic E-state index is -3.84. The zero-order valence-electron chi connectivity index (χ0n) is 9.69. The summed E-state index contributed by atoms with van der Waals surface area (Å²) < 4.78 is 39.3. The number of hydrogen-bond acceptors (Lipinski definition) is 4. The second-order valence-electron chi connectivity index (χ2n) is 4.66. The molecule has 0 unspecified atom stereocenters. The fraction of sp³-hybridized carbons (Fsp3) is 0.455. The zero-order valence-corrected chi connectivity index (χ0v) is 10.5. The van der Waals surface area contributed by atoms with E-state index >= 15 is 0 Å². The lowest BCUT2D eigenvalue weighted by molar-refractivity contribution is 0.213. The standard InChI is InChI=1S/C11H15FN2O3S/c12-8-1-2-9(13)10(5-8)18(16,17)14-6-11(7-15)3-4-11/h1-2,5,14-15H,3-4,6-7,13H2. The molecular weight excluding hydrogens is 259 g/mol. The first-order valence-corrected chi connectivity index (χ1v) is 7.02. The molecule has 0 heterocycles. The van der Waals surface area contributed by atoms with Crippen LogP contribution in [-0.4, -0.2) is 26.7 Å². The van der Waals surface area contributed by atoms with E-state index < -0.39 is 15.8 Å². The maximum atomic E-state index is 13.0. The monoisotopic (exact) mass is 274 g/mol. The van der Waals surface area contributed by atoms with E-state index in [1.165, 1.54) is 6.07 Å². The highest BCUT2D eigenvalue weighted by Gasteiger charge is 2.42. The number of hydrogen-bond donors (Lipinski definition) is 3. The van der Waals surface area contributed by atoms with Gasteiger partial charge in [0.1, 0.15) is 10.7 Å². The molecule has 5 nitrogen and oxygen atoms in total. The van der Waals surface area contributed by atoms with Gasteiger partial charge in [0, 0.05) is 18.6 Å². The lowest BCUT2D eigenvalue weighted by atomic mass is 10.1. The van der Waals surface area contributed by atoms with E-state index in [-0.39, 0.29) is 29.1 Å². The summed E-state index contributed by atoms with van der Waals surface area (Å²) in [6, 6.07) is 3.20. The minimum absolute atomic E-state index is 0.00209. The first kappa shape index (κ1) is 13.3. The fourth-order valence-corrected chi connectivity index (χ4v) is 2.93. The molecule has 1 aliphatic carbocycles. The third kappa shape index (κ3) is 2.63. The van der Waals surface area contributed by atoms with Crippen molar-refractivity contribution in [1.29, 1.82) is 0 Å². The number of anilines is 1. The molecule has 0 bridgehead atoms. The molecule has 18 heavy (non-hydrogen) atoms. The van der Waals surface area contributed by atoms with Crippen LogP contribution in [0.2, 0.25) is 0 Å². The molecule has 7 heteroatoms. The molecule has 0 spiro atoms. The van der Waals surface area contributed by atoms with Crippen molar-refractivity contribution in [3.05, 3.63) is 24.0 Å². The average Bonchev–Trinajstić information content (AvgIpc) is 3.11. The van der Waals surface area contributed by atoms with Crippen LogP contribution in [0.15, 0.2) is 23.1 Å². The number of nitrogens with one attached hydrogen (secondary N) is 1. The van der Waals surface area contributed by atoms with Crippen molar-refractivity contribution in [2.75, 3.05) is 18.9 Å². The molecule has 2 rings (SSSR count). The molecule has 0 radical (unpaired) electrons. The molecule has 1 saturated carbocycles. The van der Waals surface area contributed by atoms with E-state index in [1.807, 2.05) is 0 Å². The van der Waals surface area contributed by atoms with Gasteiger partial charge in [-0.1, -0.05) is 0 Å². The Balaban J connectivity index is 2.18. The summed E-state index contributed by atoms with van der Waals surface area (Å²) in [4.78, 5) is -0.267. The summed E-state index contributed by atoms with van der Waals surface area (Å²) in [5.41, 5.74) is 5.17. The molecule has 100 valence electrons. The van der Waals surface area contributed by atoms with Gasteiger partial charge in [-0.3, -0.25) is 0 Å². The van der Waals surface area contributed by atoms with Crippen molar-refractivity contribution < 1.29 is 17.9 Å². The van der Waals surface area contributed by atoms with E-state index in [0.29, 0.717) is 0 Å². The van der Waals surface area contributed by atoms with Gasteiger partial charge in [-0.15, -0.1) is 0 Å². The second-order valence-corrected chi connectivity index (χ2v) is 6.40. The summed E-state index contributed by atoms with van der Waals surface area (Å²) in [5.74, 6) is -0.659. The SMILES string of the molecule is Nc1ccc(F)cc1S(=O)(=O)NCC1(CO)CC1. The molecule has 0 aromatic heterocycles. The molecular formula is C11H15FN2O3S. The Hall–Kier alpha value is -1.18. The summed E-state index contributed by atoms with van der Waals surface area (Å²) in [6.07, 6.45) is 1.56. The topological polar surface area (TPSA) is 92.4 Å². The molecule has 1 aromatic carbocycles. The Bertz CT molecular complexity index is 555. The van der Waals surface area contributed by atoms with Crippen LogP contribution in [-0.2, 0) is 10.0 Å². The van der Waals surface area contributed by atoms with Crippen molar-refractivity contribution in [3.63, 3.8) is 0 Å². The maximum absolute atomic E-state index is 13.0. The van der Waals surface area contributed by atoms with Gasteiger partial charge in [-0.2, -0.15) is 0 Å². The van der Waals surface area contributed by atoms with E-state index in [2.05, 4.69) is 4.72 Å². The highest BCUT2D eigenvalue weighted by molar-refractivity contribution is 7.89. The molecule has 1 fully saturated rings. The van der Waals surface area contributed by atoms with E-state index in [0.717, 1.165) is 25.0 Å². The lowest BCUT2D eigenvalue weighted by Gasteiger charge is -2.14. The van der Waals surface area contributed by atoms with Gasteiger partial charge in [0.05, 0.1) is 5.69 Å². The van der Waals surface area contributed by atoms with Crippen LogP contribution in [0.1, 0.15) is 12.8 Å². The fourth-order valence-electron chi connectivity index (χ4n) is 1.63. The van der Waals surface area contributed by atoms with Crippen LogP contribution >= 0.6 is 0 Å². The highest BCUT2D eigenvalue weighted by atomic mass is 32.2. The van der Waals surface area contributed by atoms with Crippen molar-refractivity contribution in [3.8, 4) is 0 Å². The smallest absolute Gasteiger partial charge is 0.242 e. The Labute approximate surface area is 105 Å². The first-order chi connectivity index (χ1) is 8.38. The molecule has 1 aromatic rings. The van der Waals surface area contributed by atoms with E-state index in [4.69, 9.17) is 10.8 Å². The number of nitrogens with two attached hydrogens (primary N) is 1. The van der Waals surface area contributed by atoms with Crippen molar-refractivity contribution in [1.82, 2.24) is 4.72 Å². The highest BCUT2D eigenvalue weighted by Crippen LogP contribution is 2.44. The Morgan fingerprint density at radius 2 is 2.11 bits per heavy atom. The van der Waals surface area contributed by atoms with Crippen LogP contribution in [0.3, 0.4) is 0 Å². The number of rotatable bonds is 5. The number of halogens is 1. The van der Waals surface area contributed by atoms with Gasteiger partial charge in [0.2, 0.25) is 10.0 Å². The number of benzene rings is 1. The van der Waals surface area contributed by atoms with Gasteiger partial charge in [0.25, 0.3) is 0 Å². The van der Waals surface area contributed by atoms with Crippen LogP contribution in [0.25, 0.3) is 0 Å². The molecule has 1 aliphatic rings. The predicted octanol–water partition coefficient (Wildman–Crippen LogP) is 0.459. The molecule has 0 amide bonds. The molecule has 4 N–H and O–H groups in total. The Morgan fingerprint density at radius 1 is 1.44 bits per heavy atom. The third-order valence-electron chi connectivity index (χ3n) is 3.19. The Morgan fingerprint density at radius 3 is 2.67 bits per heavy atom. The van der Waals surface area contributed by atoms with Gasteiger partial charge >= 0.3 is 0 Å². The summed E-state index contributed by atoms with van der Waals surface area (Å²) >= 11 is 0. The molecule has 0 aliphatic heterocycles. The van der Waals surface area contributed by atoms with Crippen molar-refractivity contribution in [2.45, 2.75) is 17.7 Å². The van der Waals surface area contributed by atoms with Crippen LogP contribution in [0, 0.1) is 11.2 Å². The number of aliphatic hydroxyl groups is 1. The van der Waals surface area contributed by atoms with E-state index in [1.54, 1.807) is 0 Å². The van der Waals surface area contributed by atoms with Crippen molar-refractivity contribution in [2.24, 2.45) is 5.41 Å². The third-order valence-corrected chi connectivity index (χ3v) is 4.65. The molecule has 0 atom stereocenters. The van der Waals surface area contributed by atoms with E-state index in [9.17, 15) is 12.8 Å².